The Morgan fingerprint density at radius 1 is 1.24 bits per heavy atom. The molecule has 1 aliphatic heterocycles. The minimum atomic E-state index is -0.386. The van der Waals surface area contributed by atoms with Crippen molar-refractivity contribution in [2.45, 2.75) is 19.4 Å². The molecule has 1 aliphatic rings. The number of nitrogens with zero attached hydrogens (tertiary/aromatic N) is 6. The van der Waals surface area contributed by atoms with E-state index < -0.39 is 0 Å². The topological polar surface area (TPSA) is 134 Å². The van der Waals surface area contributed by atoms with Crippen molar-refractivity contribution in [1.82, 2.24) is 24.6 Å². The van der Waals surface area contributed by atoms with Crippen LogP contribution in [0.25, 0.3) is 16.8 Å². The van der Waals surface area contributed by atoms with Gasteiger partial charge in [-0.25, -0.2) is 9.31 Å². The lowest BCUT2D eigenvalue weighted by Crippen LogP contribution is -2.33. The number of aromatic nitrogens is 4. The van der Waals surface area contributed by atoms with E-state index in [-0.39, 0.29) is 18.0 Å². The molecule has 0 aliphatic carbocycles. The predicted molar refractivity (Wildman–Crippen MR) is 121 cm³/mol. The van der Waals surface area contributed by atoms with E-state index >= 15 is 0 Å². The van der Waals surface area contributed by atoms with Gasteiger partial charge in [0.1, 0.15) is 0 Å². The number of nitrogens with one attached hydrogen (secondary N) is 1. The standard InChI is InChI=1S/C23H20N8O2/c1-14-19(10-18(12-26-14)17-6-7-21-28-22(25)29-30(21)13-17)27-23(32)31-20(8-9-33-31)16-4-2-15(11-24)3-5-16/h2-7,10,12-13,20H,8-9H2,1H3,(H2,25,29)(H,27,32)/t20-/m0/s1. The lowest BCUT2D eigenvalue weighted by molar-refractivity contribution is -0.0829. The molecular formula is C23H20N8O2. The van der Waals surface area contributed by atoms with Crippen LogP contribution in [-0.2, 0) is 4.84 Å². The molecule has 3 aromatic heterocycles. The van der Waals surface area contributed by atoms with Crippen LogP contribution >= 0.6 is 0 Å². The Kier molecular flexibility index (Phi) is 5.08. The summed E-state index contributed by atoms with van der Waals surface area (Å²) < 4.78 is 1.60. The van der Waals surface area contributed by atoms with Crippen LogP contribution in [0.3, 0.4) is 0 Å². The van der Waals surface area contributed by atoms with Gasteiger partial charge in [0.2, 0.25) is 5.95 Å². The number of carbonyl (C=O) groups is 1. The molecule has 164 valence electrons. The first kappa shape index (κ1) is 20.4. The van der Waals surface area contributed by atoms with Gasteiger partial charge in [-0.2, -0.15) is 15.3 Å². The summed E-state index contributed by atoms with van der Waals surface area (Å²) in [6.45, 7) is 2.25. The van der Waals surface area contributed by atoms with Gasteiger partial charge in [-0.3, -0.25) is 9.82 Å². The second-order valence-corrected chi connectivity index (χ2v) is 7.67. The summed E-state index contributed by atoms with van der Waals surface area (Å²) >= 11 is 0. The van der Waals surface area contributed by atoms with Crippen molar-refractivity contribution in [1.29, 1.82) is 5.26 Å². The van der Waals surface area contributed by atoms with Gasteiger partial charge in [0.05, 0.1) is 35.7 Å². The monoisotopic (exact) mass is 440 g/mol. The van der Waals surface area contributed by atoms with Crippen molar-refractivity contribution in [3.05, 3.63) is 71.7 Å². The number of fused-ring (bicyclic) bond motifs is 1. The van der Waals surface area contributed by atoms with Crippen molar-refractivity contribution >= 4 is 23.3 Å². The van der Waals surface area contributed by atoms with Crippen LogP contribution in [-0.4, -0.2) is 37.3 Å². The number of hydrogen-bond donors (Lipinski definition) is 2. The number of hydroxylamine groups is 2. The van der Waals surface area contributed by atoms with Crippen LogP contribution in [0, 0.1) is 18.3 Å². The number of nitrogen functional groups attached to an aromatic ring is 1. The second kappa shape index (κ2) is 8.22. The number of aryl methyl sites for hydroxylation is 1. The zero-order chi connectivity index (χ0) is 22.9. The van der Waals surface area contributed by atoms with Gasteiger partial charge < -0.3 is 11.1 Å². The van der Waals surface area contributed by atoms with Crippen molar-refractivity contribution in [2.75, 3.05) is 17.7 Å². The molecule has 1 fully saturated rings. The zero-order valence-corrected chi connectivity index (χ0v) is 17.8. The van der Waals surface area contributed by atoms with Crippen molar-refractivity contribution in [3.8, 4) is 17.2 Å². The van der Waals surface area contributed by atoms with Gasteiger partial charge in [0.25, 0.3) is 0 Å². The molecule has 0 unspecified atom stereocenters. The highest BCUT2D eigenvalue weighted by atomic mass is 16.7. The Balaban J connectivity index is 1.38. The minimum Gasteiger partial charge on any atom is -0.366 e. The fourth-order valence-electron chi connectivity index (χ4n) is 3.81. The fraction of sp³-hybridized carbons (Fsp3) is 0.174. The molecule has 33 heavy (non-hydrogen) atoms. The molecule has 1 saturated heterocycles. The first-order chi connectivity index (χ1) is 16.0. The number of rotatable bonds is 3. The van der Waals surface area contributed by atoms with Crippen LogP contribution in [0.5, 0.6) is 0 Å². The molecule has 0 radical (unpaired) electrons. The molecule has 4 heterocycles. The van der Waals surface area contributed by atoms with Crippen LogP contribution in [0.2, 0.25) is 0 Å². The van der Waals surface area contributed by atoms with Crippen LogP contribution < -0.4 is 11.1 Å². The average molecular weight is 440 g/mol. The number of carbonyl (C=O) groups excluding carboxylic acids is 1. The van der Waals surface area contributed by atoms with Crippen molar-refractivity contribution in [3.63, 3.8) is 0 Å². The number of anilines is 2. The first-order valence-electron chi connectivity index (χ1n) is 10.3. The van der Waals surface area contributed by atoms with Gasteiger partial charge >= 0.3 is 6.03 Å². The fourth-order valence-corrected chi connectivity index (χ4v) is 3.81. The number of nitriles is 1. The molecule has 5 rings (SSSR count). The molecule has 0 spiro atoms. The summed E-state index contributed by atoms with van der Waals surface area (Å²) in [5, 5.41) is 17.4. The molecule has 3 N–H and O–H groups in total. The van der Waals surface area contributed by atoms with E-state index in [1.165, 1.54) is 5.06 Å². The maximum atomic E-state index is 13.1. The zero-order valence-electron chi connectivity index (χ0n) is 17.8. The number of benzene rings is 1. The van der Waals surface area contributed by atoms with Gasteiger partial charge in [-0.1, -0.05) is 12.1 Å². The average Bonchev–Trinajstić information content (AvgIpc) is 3.46. The molecule has 4 aromatic rings. The largest absolute Gasteiger partial charge is 0.366 e. The molecule has 1 aromatic carbocycles. The van der Waals surface area contributed by atoms with Crippen LogP contribution in [0.4, 0.5) is 16.4 Å². The smallest absolute Gasteiger partial charge is 0.346 e. The Labute approximate surface area is 189 Å². The number of nitrogens with two attached hydrogens (primary N) is 1. The Morgan fingerprint density at radius 2 is 2.06 bits per heavy atom. The second-order valence-electron chi connectivity index (χ2n) is 7.67. The molecule has 0 bridgehead atoms. The molecule has 2 amide bonds. The van der Waals surface area contributed by atoms with Gasteiger partial charge in [0.15, 0.2) is 5.65 Å². The Hall–Kier alpha value is -4.49. The maximum absolute atomic E-state index is 13.1. The van der Waals surface area contributed by atoms with E-state index in [2.05, 4.69) is 26.5 Å². The highest BCUT2D eigenvalue weighted by Gasteiger charge is 2.32. The molecule has 1 atom stereocenters. The summed E-state index contributed by atoms with van der Waals surface area (Å²) in [4.78, 5) is 27.3. The normalized spacial score (nSPS) is 15.5. The van der Waals surface area contributed by atoms with E-state index in [0.717, 1.165) is 16.7 Å². The van der Waals surface area contributed by atoms with Crippen molar-refractivity contribution < 1.29 is 9.63 Å². The summed E-state index contributed by atoms with van der Waals surface area (Å²) in [6.07, 6.45) is 4.21. The molecule has 10 nitrogen and oxygen atoms in total. The lowest BCUT2D eigenvalue weighted by Gasteiger charge is -2.23. The van der Waals surface area contributed by atoms with Crippen LogP contribution in [0.15, 0.2) is 54.9 Å². The highest BCUT2D eigenvalue weighted by molar-refractivity contribution is 5.90. The Bertz CT molecular complexity index is 1390. The van der Waals surface area contributed by atoms with E-state index in [0.29, 0.717) is 35.6 Å². The summed E-state index contributed by atoms with van der Waals surface area (Å²) in [5.74, 6) is 0.199. The van der Waals surface area contributed by atoms with Gasteiger partial charge in [-0.15, -0.1) is 5.10 Å². The van der Waals surface area contributed by atoms with E-state index in [4.69, 9.17) is 15.8 Å². The predicted octanol–water partition coefficient (Wildman–Crippen LogP) is 3.46. The third-order valence-corrected chi connectivity index (χ3v) is 5.54. The lowest BCUT2D eigenvalue weighted by atomic mass is 10.0. The van der Waals surface area contributed by atoms with Gasteiger partial charge in [0, 0.05) is 29.9 Å². The number of hydrogen-bond acceptors (Lipinski definition) is 7. The number of urea groups is 1. The van der Waals surface area contributed by atoms with E-state index in [9.17, 15) is 4.79 Å². The van der Waals surface area contributed by atoms with E-state index in [1.807, 2.05) is 37.3 Å². The Morgan fingerprint density at radius 3 is 2.85 bits per heavy atom. The third-order valence-electron chi connectivity index (χ3n) is 5.54. The summed E-state index contributed by atoms with van der Waals surface area (Å²) in [5.41, 5.74) is 10.7. The number of pyridine rings is 2. The highest BCUT2D eigenvalue weighted by Crippen LogP contribution is 2.32. The van der Waals surface area contributed by atoms with Crippen molar-refractivity contribution in [2.24, 2.45) is 0 Å². The quantitative estimate of drug-likeness (QED) is 0.498. The molecule has 10 heteroatoms. The molecular weight excluding hydrogens is 420 g/mol. The van der Waals surface area contributed by atoms with Gasteiger partial charge in [-0.05, 0) is 42.8 Å². The molecule has 0 saturated carbocycles. The van der Waals surface area contributed by atoms with E-state index in [1.54, 1.807) is 29.0 Å². The summed E-state index contributed by atoms with van der Waals surface area (Å²) in [7, 11) is 0. The minimum absolute atomic E-state index is 0.199. The SMILES string of the molecule is Cc1ncc(-c2ccc3nc(N)nn3c2)cc1NC(=O)N1OCC[C@H]1c1ccc(C#N)cc1. The summed E-state index contributed by atoms with van der Waals surface area (Å²) in [6, 6.07) is 14.2. The number of amides is 2. The third kappa shape index (κ3) is 3.93. The first-order valence-corrected chi connectivity index (χ1v) is 10.3. The van der Waals surface area contributed by atoms with Crippen LogP contribution in [0.1, 0.15) is 29.3 Å². The maximum Gasteiger partial charge on any atom is 0.346 e.